The van der Waals surface area contributed by atoms with Gasteiger partial charge in [-0.3, -0.25) is 9.59 Å². The van der Waals surface area contributed by atoms with Crippen LogP contribution in [0.2, 0.25) is 0 Å². The maximum atomic E-state index is 12.0. The summed E-state index contributed by atoms with van der Waals surface area (Å²) in [5.74, 6) is -1.71. The van der Waals surface area contributed by atoms with Gasteiger partial charge in [0.15, 0.2) is 0 Å². The van der Waals surface area contributed by atoms with Crippen molar-refractivity contribution in [3.8, 4) is 0 Å². The Morgan fingerprint density at radius 3 is 2.71 bits per heavy atom. The Morgan fingerprint density at radius 1 is 1.38 bits per heavy atom. The van der Waals surface area contributed by atoms with Gasteiger partial charge in [-0.15, -0.1) is 0 Å². The quantitative estimate of drug-likeness (QED) is 0.868. The molecule has 0 radical (unpaired) electrons. The lowest BCUT2D eigenvalue weighted by atomic mass is 10.2. The van der Waals surface area contributed by atoms with Gasteiger partial charge in [-0.05, 0) is 28.9 Å². The number of fused-ring (bicyclic) bond motifs is 1. The molecule has 0 spiro atoms. The van der Waals surface area contributed by atoms with Gasteiger partial charge in [0.1, 0.15) is 6.54 Å². The number of carboxylic acid groups (broad SMARTS) is 1. The molecule has 1 unspecified atom stereocenters. The molecule has 0 aliphatic carbocycles. The minimum atomic E-state index is -0.916. The van der Waals surface area contributed by atoms with Gasteiger partial charge in [0.2, 0.25) is 5.91 Å². The zero-order chi connectivity index (χ0) is 15.6. The molecule has 1 heterocycles. The number of aliphatic carboxylic acids is 1. The fourth-order valence-electron chi connectivity index (χ4n) is 2.15. The first kappa shape index (κ1) is 15.6. The predicted molar refractivity (Wildman–Crippen MR) is 84.2 cm³/mol. The molecule has 1 atom stereocenters. The summed E-state index contributed by atoms with van der Waals surface area (Å²) in [5, 5.41) is 12.5. The van der Waals surface area contributed by atoms with Crippen molar-refractivity contribution in [2.75, 3.05) is 6.54 Å². The number of aromatic nitrogens is 1. The van der Waals surface area contributed by atoms with Crippen LogP contribution < -0.4 is 5.32 Å². The van der Waals surface area contributed by atoms with Gasteiger partial charge in [-0.1, -0.05) is 25.1 Å². The molecule has 6 heteroatoms. The van der Waals surface area contributed by atoms with E-state index in [-0.39, 0.29) is 19.0 Å². The van der Waals surface area contributed by atoms with E-state index in [4.69, 9.17) is 5.11 Å². The van der Waals surface area contributed by atoms with Crippen LogP contribution in [0.5, 0.6) is 0 Å². The predicted octanol–water partition coefficient (Wildman–Crippen LogP) is 2.55. The Kier molecular flexibility index (Phi) is 4.67. The molecule has 2 aromatic rings. The number of carboxylic acids is 1. The molecule has 0 saturated heterocycles. The summed E-state index contributed by atoms with van der Waals surface area (Å²) in [6, 6.07) is 7.83. The molecule has 0 saturated carbocycles. The summed E-state index contributed by atoms with van der Waals surface area (Å²) in [6.45, 7) is 3.81. The third-order valence-corrected chi connectivity index (χ3v) is 4.48. The van der Waals surface area contributed by atoms with Crippen molar-refractivity contribution < 1.29 is 14.7 Å². The molecule has 2 N–H and O–H groups in total. The van der Waals surface area contributed by atoms with Gasteiger partial charge in [0.05, 0.1) is 5.92 Å². The Morgan fingerprint density at radius 2 is 2.05 bits per heavy atom. The fraction of sp³-hybridized carbons (Fsp3) is 0.333. The van der Waals surface area contributed by atoms with E-state index in [1.807, 2.05) is 35.8 Å². The van der Waals surface area contributed by atoms with Crippen molar-refractivity contribution in [3.05, 3.63) is 34.4 Å². The van der Waals surface area contributed by atoms with E-state index in [0.29, 0.717) is 0 Å². The Labute approximate surface area is 131 Å². The van der Waals surface area contributed by atoms with Crippen LogP contribution in [0.3, 0.4) is 0 Å². The zero-order valence-electron chi connectivity index (χ0n) is 11.9. The molecule has 112 valence electrons. The molecule has 1 amide bonds. The van der Waals surface area contributed by atoms with E-state index in [1.165, 1.54) is 0 Å². The fourth-order valence-corrected chi connectivity index (χ4v) is 2.70. The number of halogens is 1. The molecule has 1 aromatic heterocycles. The number of hydrogen-bond acceptors (Lipinski definition) is 2. The van der Waals surface area contributed by atoms with Crippen molar-refractivity contribution in [2.45, 2.75) is 20.4 Å². The van der Waals surface area contributed by atoms with Crippen molar-refractivity contribution in [3.63, 3.8) is 0 Å². The van der Waals surface area contributed by atoms with E-state index in [0.717, 1.165) is 21.1 Å². The minimum Gasteiger partial charge on any atom is -0.481 e. The van der Waals surface area contributed by atoms with Crippen LogP contribution >= 0.6 is 15.9 Å². The number of nitrogens with zero attached hydrogens (tertiary/aromatic N) is 1. The van der Waals surface area contributed by atoms with E-state index in [2.05, 4.69) is 21.2 Å². The molecule has 0 aliphatic rings. The average molecular weight is 353 g/mol. The van der Waals surface area contributed by atoms with Crippen LogP contribution in [0.1, 0.15) is 12.6 Å². The van der Waals surface area contributed by atoms with Crippen LogP contribution in [-0.2, 0) is 16.1 Å². The van der Waals surface area contributed by atoms with Crippen molar-refractivity contribution in [2.24, 2.45) is 5.92 Å². The van der Waals surface area contributed by atoms with Gasteiger partial charge in [-0.2, -0.15) is 0 Å². The van der Waals surface area contributed by atoms with Crippen LogP contribution in [0.4, 0.5) is 0 Å². The van der Waals surface area contributed by atoms with E-state index in [9.17, 15) is 9.59 Å². The third kappa shape index (κ3) is 3.26. The first-order chi connectivity index (χ1) is 9.91. The highest BCUT2D eigenvalue weighted by Gasteiger charge is 2.16. The monoisotopic (exact) mass is 352 g/mol. The van der Waals surface area contributed by atoms with Crippen LogP contribution in [-0.4, -0.2) is 28.1 Å². The minimum absolute atomic E-state index is 0.133. The number of hydrogen-bond donors (Lipinski definition) is 2. The van der Waals surface area contributed by atoms with Crippen molar-refractivity contribution in [1.82, 2.24) is 9.88 Å². The molecule has 2 rings (SSSR count). The summed E-state index contributed by atoms with van der Waals surface area (Å²) in [5.41, 5.74) is 1.95. The first-order valence-electron chi connectivity index (χ1n) is 6.64. The van der Waals surface area contributed by atoms with E-state index < -0.39 is 11.9 Å². The lowest BCUT2D eigenvalue weighted by Crippen LogP contribution is -2.33. The molecule has 0 bridgehead atoms. The normalized spacial score (nSPS) is 12.3. The summed E-state index contributed by atoms with van der Waals surface area (Å²) in [6.07, 6.45) is 0. The Balaban J connectivity index is 2.15. The molecular formula is C15H17BrN2O3. The van der Waals surface area contributed by atoms with Gasteiger partial charge < -0.3 is 15.0 Å². The lowest BCUT2D eigenvalue weighted by molar-refractivity contribution is -0.141. The number of benzene rings is 1. The average Bonchev–Trinajstić information content (AvgIpc) is 2.70. The Hall–Kier alpha value is -1.82. The molecular weight excluding hydrogens is 336 g/mol. The zero-order valence-corrected chi connectivity index (χ0v) is 13.5. The highest BCUT2D eigenvalue weighted by Crippen LogP contribution is 2.30. The number of carbonyl (C=O) groups is 2. The van der Waals surface area contributed by atoms with Gasteiger partial charge >= 0.3 is 5.97 Å². The second-order valence-corrected chi connectivity index (χ2v) is 5.84. The topological polar surface area (TPSA) is 71.3 Å². The maximum absolute atomic E-state index is 12.0. The van der Waals surface area contributed by atoms with Gasteiger partial charge in [0, 0.05) is 27.6 Å². The van der Waals surface area contributed by atoms with E-state index in [1.54, 1.807) is 6.92 Å². The van der Waals surface area contributed by atoms with Gasteiger partial charge in [-0.25, -0.2) is 0 Å². The highest BCUT2D eigenvalue weighted by molar-refractivity contribution is 9.10. The van der Waals surface area contributed by atoms with Gasteiger partial charge in [0.25, 0.3) is 0 Å². The number of nitrogens with one attached hydrogen (secondary N) is 1. The smallest absolute Gasteiger partial charge is 0.308 e. The second kappa shape index (κ2) is 6.30. The van der Waals surface area contributed by atoms with Crippen LogP contribution in [0.25, 0.3) is 10.9 Å². The van der Waals surface area contributed by atoms with Crippen molar-refractivity contribution in [1.29, 1.82) is 0 Å². The van der Waals surface area contributed by atoms with Crippen LogP contribution in [0, 0.1) is 12.8 Å². The van der Waals surface area contributed by atoms with Crippen molar-refractivity contribution >= 4 is 38.7 Å². The molecule has 21 heavy (non-hydrogen) atoms. The highest BCUT2D eigenvalue weighted by atomic mass is 79.9. The number of amides is 1. The largest absolute Gasteiger partial charge is 0.481 e. The summed E-state index contributed by atoms with van der Waals surface area (Å²) < 4.78 is 2.89. The summed E-state index contributed by atoms with van der Waals surface area (Å²) in [7, 11) is 0. The number of carbonyl (C=O) groups excluding carboxylic acids is 1. The SMILES string of the molecule is Cc1c(Br)c2ccccc2n1CC(=O)NCC(C)C(=O)O. The molecule has 0 aliphatic heterocycles. The molecule has 1 aromatic carbocycles. The third-order valence-electron chi connectivity index (χ3n) is 3.48. The van der Waals surface area contributed by atoms with E-state index >= 15 is 0 Å². The van der Waals surface area contributed by atoms with Crippen LogP contribution in [0.15, 0.2) is 28.7 Å². The summed E-state index contributed by atoms with van der Waals surface area (Å²) >= 11 is 3.54. The Bertz CT molecular complexity index is 694. The standard InChI is InChI=1S/C15H17BrN2O3/c1-9(15(20)21)7-17-13(19)8-18-10(2)14(16)11-5-3-4-6-12(11)18/h3-6,9H,7-8H2,1-2H3,(H,17,19)(H,20,21). The summed E-state index contributed by atoms with van der Waals surface area (Å²) in [4.78, 5) is 22.7. The maximum Gasteiger partial charge on any atom is 0.308 e. The number of rotatable bonds is 5. The first-order valence-corrected chi connectivity index (χ1v) is 7.44. The molecule has 0 fully saturated rings. The lowest BCUT2D eigenvalue weighted by Gasteiger charge is -2.11. The molecule has 5 nitrogen and oxygen atoms in total. The number of para-hydroxylation sites is 1. The second-order valence-electron chi connectivity index (χ2n) is 5.05.